The van der Waals surface area contributed by atoms with E-state index in [1.165, 1.54) is 17.7 Å². The number of H-pyrrole nitrogens is 1. The lowest BCUT2D eigenvalue weighted by atomic mass is 9.80. The van der Waals surface area contributed by atoms with Gasteiger partial charge in [-0.05, 0) is 85.8 Å². The highest BCUT2D eigenvalue weighted by Gasteiger charge is 2.34. The number of nitrogens with two attached hydrogens (primary N) is 1. The number of aromatic amines is 1. The van der Waals surface area contributed by atoms with Crippen LogP contribution in [0.1, 0.15) is 55.6 Å². The molecule has 0 radical (unpaired) electrons. The van der Waals surface area contributed by atoms with E-state index in [1.54, 1.807) is 11.1 Å². The lowest BCUT2D eigenvalue weighted by Gasteiger charge is -2.38. The number of primary amides is 1. The maximum atomic E-state index is 13.4. The molecular formula is C29H32F3N5O2. The molecule has 4 N–H and O–H groups in total. The zero-order chi connectivity index (χ0) is 27.5. The van der Waals surface area contributed by atoms with Gasteiger partial charge in [0.1, 0.15) is 0 Å². The van der Waals surface area contributed by atoms with Gasteiger partial charge in [-0.1, -0.05) is 0 Å². The molecule has 206 valence electrons. The summed E-state index contributed by atoms with van der Waals surface area (Å²) in [7, 11) is 0. The van der Waals surface area contributed by atoms with Crippen molar-refractivity contribution in [3.8, 4) is 0 Å². The van der Waals surface area contributed by atoms with Crippen LogP contribution in [0.2, 0.25) is 0 Å². The fourth-order valence-electron chi connectivity index (χ4n) is 5.99. The zero-order valence-electron chi connectivity index (χ0n) is 21.5. The first-order chi connectivity index (χ1) is 18.8. The first kappa shape index (κ1) is 26.9. The minimum atomic E-state index is -1.54. The van der Waals surface area contributed by atoms with Gasteiger partial charge >= 0.3 is 0 Å². The maximum absolute atomic E-state index is 13.4. The van der Waals surface area contributed by atoms with Crippen molar-refractivity contribution < 1.29 is 22.8 Å². The summed E-state index contributed by atoms with van der Waals surface area (Å²) >= 11 is 0. The van der Waals surface area contributed by atoms with Gasteiger partial charge in [0.2, 0.25) is 11.8 Å². The number of pyridine rings is 1. The SMILES string of the molecule is NC(=O)C(NC1CCC(c2c[nH]c3ccncc23)CC1)C1CCN(C(=O)C=Cc2cc(F)c(F)c(F)c2)CC1. The van der Waals surface area contributed by atoms with E-state index in [0.717, 1.165) is 48.7 Å². The minimum absolute atomic E-state index is 0.00763. The average molecular weight is 540 g/mol. The summed E-state index contributed by atoms with van der Waals surface area (Å²) in [6, 6.07) is 3.38. The minimum Gasteiger partial charge on any atom is -0.368 e. The molecule has 2 fully saturated rings. The highest BCUT2D eigenvalue weighted by atomic mass is 19.2. The second-order valence-corrected chi connectivity index (χ2v) is 10.6. The molecule has 1 aliphatic heterocycles. The van der Waals surface area contributed by atoms with Crippen molar-refractivity contribution >= 4 is 28.8 Å². The Balaban J connectivity index is 1.13. The fourth-order valence-corrected chi connectivity index (χ4v) is 5.99. The number of fused-ring (bicyclic) bond motifs is 1. The second kappa shape index (κ2) is 11.6. The van der Waals surface area contributed by atoms with Gasteiger partial charge in [0.25, 0.3) is 0 Å². The number of carbonyl (C=O) groups excluding carboxylic acids is 2. The van der Waals surface area contributed by atoms with Crippen molar-refractivity contribution in [2.75, 3.05) is 13.1 Å². The summed E-state index contributed by atoms with van der Waals surface area (Å²) in [5.41, 5.74) is 8.25. The van der Waals surface area contributed by atoms with Crippen LogP contribution >= 0.6 is 0 Å². The van der Waals surface area contributed by atoms with Gasteiger partial charge in [-0.25, -0.2) is 13.2 Å². The van der Waals surface area contributed by atoms with Gasteiger partial charge in [-0.15, -0.1) is 0 Å². The van der Waals surface area contributed by atoms with Crippen LogP contribution in [0.5, 0.6) is 0 Å². The molecule has 0 bridgehead atoms. The first-order valence-corrected chi connectivity index (χ1v) is 13.4. The molecule has 1 atom stereocenters. The standard InChI is InChI=1S/C29H32F3N5O2/c30-23-13-17(14-24(31)27(23)32)1-6-26(38)37-11-8-19(9-12-37)28(29(33)39)36-20-4-2-18(3-5-20)21-16-35-25-7-10-34-15-22(21)25/h1,6-7,10,13-16,18-20,28,35-36H,2-5,8-9,11-12H2,(H2,33,39). The van der Waals surface area contributed by atoms with Gasteiger partial charge in [-0.2, -0.15) is 0 Å². The number of rotatable bonds is 7. The zero-order valence-corrected chi connectivity index (χ0v) is 21.5. The number of hydrogen-bond acceptors (Lipinski definition) is 4. The van der Waals surface area contributed by atoms with Gasteiger partial charge in [0.05, 0.1) is 6.04 Å². The van der Waals surface area contributed by atoms with E-state index in [1.807, 2.05) is 12.3 Å². The average Bonchev–Trinajstić information content (AvgIpc) is 3.38. The van der Waals surface area contributed by atoms with Gasteiger partial charge in [0.15, 0.2) is 17.5 Å². The van der Waals surface area contributed by atoms with E-state index in [9.17, 15) is 22.8 Å². The normalized spacial score (nSPS) is 21.5. The third-order valence-corrected chi connectivity index (χ3v) is 8.15. The summed E-state index contributed by atoms with van der Waals surface area (Å²) in [5, 5.41) is 4.68. The molecule has 10 heteroatoms. The molecule has 7 nitrogen and oxygen atoms in total. The van der Waals surface area contributed by atoms with Crippen LogP contribution in [0.4, 0.5) is 13.2 Å². The molecule has 5 rings (SSSR count). The maximum Gasteiger partial charge on any atom is 0.246 e. The van der Waals surface area contributed by atoms with Crippen molar-refractivity contribution in [2.24, 2.45) is 11.7 Å². The molecule has 39 heavy (non-hydrogen) atoms. The molecule has 1 aromatic carbocycles. The number of aromatic nitrogens is 2. The molecule has 3 heterocycles. The van der Waals surface area contributed by atoms with Crippen molar-refractivity contribution in [3.05, 3.63) is 71.4 Å². The monoisotopic (exact) mass is 539 g/mol. The van der Waals surface area contributed by atoms with Crippen LogP contribution < -0.4 is 11.1 Å². The Hall–Kier alpha value is -3.66. The summed E-state index contributed by atoms with van der Waals surface area (Å²) in [6.45, 7) is 0.875. The van der Waals surface area contributed by atoms with E-state index in [4.69, 9.17) is 5.73 Å². The molecule has 1 aliphatic carbocycles. The van der Waals surface area contributed by atoms with Crippen LogP contribution in [-0.4, -0.2) is 51.9 Å². The van der Waals surface area contributed by atoms with Gasteiger partial charge in [0, 0.05) is 54.7 Å². The van der Waals surface area contributed by atoms with E-state index in [0.29, 0.717) is 31.8 Å². The number of benzene rings is 1. The van der Waals surface area contributed by atoms with Crippen LogP contribution in [0.3, 0.4) is 0 Å². The highest BCUT2D eigenvalue weighted by molar-refractivity contribution is 5.92. The third-order valence-electron chi connectivity index (χ3n) is 8.15. The highest BCUT2D eigenvalue weighted by Crippen LogP contribution is 2.37. The third kappa shape index (κ3) is 6.00. The molecular weight excluding hydrogens is 507 g/mol. The Bertz CT molecular complexity index is 1350. The summed E-state index contributed by atoms with van der Waals surface area (Å²) < 4.78 is 40.0. The smallest absolute Gasteiger partial charge is 0.246 e. The van der Waals surface area contributed by atoms with E-state index in [2.05, 4.69) is 21.5 Å². The van der Waals surface area contributed by atoms with Crippen LogP contribution in [-0.2, 0) is 9.59 Å². The number of nitrogens with one attached hydrogen (secondary N) is 2. The number of amides is 2. The lowest BCUT2D eigenvalue weighted by molar-refractivity contribution is -0.128. The molecule has 1 saturated heterocycles. The summed E-state index contributed by atoms with van der Waals surface area (Å²) in [4.78, 5) is 34.2. The molecule has 2 amide bonds. The molecule has 0 spiro atoms. The number of likely N-dealkylation sites (tertiary alicyclic amines) is 1. The predicted octanol–water partition coefficient (Wildman–Crippen LogP) is 4.40. The topological polar surface area (TPSA) is 104 Å². The lowest BCUT2D eigenvalue weighted by Crippen LogP contribution is -2.54. The Morgan fingerprint density at radius 2 is 1.77 bits per heavy atom. The first-order valence-electron chi connectivity index (χ1n) is 13.4. The van der Waals surface area contributed by atoms with Crippen molar-refractivity contribution in [1.29, 1.82) is 0 Å². The van der Waals surface area contributed by atoms with Gasteiger partial charge in [-0.3, -0.25) is 14.6 Å². The fraction of sp³-hybridized carbons (Fsp3) is 0.414. The summed E-state index contributed by atoms with van der Waals surface area (Å²) in [6.07, 6.45) is 13.4. The Morgan fingerprint density at radius 3 is 2.44 bits per heavy atom. The van der Waals surface area contributed by atoms with Crippen LogP contribution in [0.25, 0.3) is 17.0 Å². The molecule has 3 aromatic rings. The second-order valence-electron chi connectivity index (χ2n) is 10.6. The Kier molecular flexibility index (Phi) is 8.02. The number of carbonyl (C=O) groups is 2. The predicted molar refractivity (Wildman–Crippen MR) is 142 cm³/mol. The molecule has 1 saturated carbocycles. The number of halogens is 3. The molecule has 2 aliphatic rings. The number of nitrogens with zero attached hydrogens (tertiary/aromatic N) is 2. The van der Waals surface area contributed by atoms with E-state index in [-0.39, 0.29) is 29.3 Å². The van der Waals surface area contributed by atoms with E-state index >= 15 is 0 Å². The number of hydrogen-bond donors (Lipinski definition) is 3. The number of piperidine rings is 1. The van der Waals surface area contributed by atoms with Crippen LogP contribution in [0.15, 0.2) is 42.9 Å². The molecule has 2 aromatic heterocycles. The van der Waals surface area contributed by atoms with E-state index < -0.39 is 23.5 Å². The largest absolute Gasteiger partial charge is 0.368 e. The summed E-state index contributed by atoms with van der Waals surface area (Å²) in [5.74, 6) is -4.41. The van der Waals surface area contributed by atoms with Crippen molar-refractivity contribution in [2.45, 2.75) is 56.5 Å². The quantitative estimate of drug-likeness (QED) is 0.306. The molecule has 1 unspecified atom stereocenters. The van der Waals surface area contributed by atoms with Crippen LogP contribution in [0, 0.1) is 23.4 Å². The Labute approximate surface area is 224 Å². The van der Waals surface area contributed by atoms with Crippen molar-refractivity contribution in [1.82, 2.24) is 20.2 Å². The van der Waals surface area contributed by atoms with Crippen molar-refractivity contribution in [3.63, 3.8) is 0 Å². The Morgan fingerprint density at radius 1 is 1.08 bits per heavy atom. The van der Waals surface area contributed by atoms with Gasteiger partial charge < -0.3 is 20.9 Å².